The highest BCUT2D eigenvalue weighted by Gasteiger charge is 2.24. The van der Waals surface area contributed by atoms with E-state index in [1.807, 2.05) is 0 Å². The Morgan fingerprint density at radius 2 is 2.08 bits per heavy atom. The first-order valence-electron chi connectivity index (χ1n) is 3.72. The van der Waals surface area contributed by atoms with Crippen LogP contribution in [-0.2, 0) is 9.53 Å². The summed E-state index contributed by atoms with van der Waals surface area (Å²) < 4.78 is 4.73. The molecule has 0 fully saturated rings. The van der Waals surface area contributed by atoms with Crippen molar-refractivity contribution in [1.29, 1.82) is 0 Å². The normalized spacial score (nSPS) is 15.8. The van der Waals surface area contributed by atoms with Gasteiger partial charge in [-0.2, -0.15) is 0 Å². The number of nitrogens with two attached hydrogens (primary N) is 1. The summed E-state index contributed by atoms with van der Waals surface area (Å²) in [5.41, 5.74) is 5.24. The van der Waals surface area contributed by atoms with Crippen LogP contribution in [0.4, 0.5) is 0 Å². The van der Waals surface area contributed by atoms with Crippen LogP contribution in [0.5, 0.6) is 0 Å². The predicted octanol–water partition coefficient (Wildman–Crippen LogP) is -1.18. The van der Waals surface area contributed by atoms with E-state index < -0.39 is 24.3 Å². The second-order valence-corrected chi connectivity index (χ2v) is 2.63. The molecule has 12 heavy (non-hydrogen) atoms. The number of hydrogen-bond acceptors (Lipinski definition) is 5. The van der Waals surface area contributed by atoms with Crippen LogP contribution in [0.3, 0.4) is 0 Å². The summed E-state index contributed by atoms with van der Waals surface area (Å²) in [6.07, 6.45) is -2.13. The molecule has 2 unspecified atom stereocenters. The van der Waals surface area contributed by atoms with Gasteiger partial charge >= 0.3 is 5.97 Å². The zero-order valence-corrected chi connectivity index (χ0v) is 7.23. The zero-order chi connectivity index (χ0) is 9.72. The number of aliphatic hydroxyl groups is 2. The first kappa shape index (κ1) is 11.4. The molecule has 0 aromatic carbocycles. The largest absolute Gasteiger partial charge is 0.462 e. The number of aliphatic hydroxyl groups excluding tert-OH is 1. The lowest BCUT2D eigenvalue weighted by Gasteiger charge is -2.23. The summed E-state index contributed by atoms with van der Waals surface area (Å²) in [5.74, 6) is -1.09. The maximum absolute atomic E-state index is 10.5. The van der Waals surface area contributed by atoms with E-state index in [2.05, 4.69) is 0 Å². The van der Waals surface area contributed by atoms with Crippen LogP contribution in [0.15, 0.2) is 0 Å². The fraction of sp³-hybridized carbons (Fsp3) is 0.857. The molecule has 2 atom stereocenters. The Bertz CT molecular complexity index is 148. The fourth-order valence-corrected chi connectivity index (χ4v) is 0.905. The topological polar surface area (TPSA) is 92.8 Å². The Labute approximate surface area is 71.1 Å². The monoisotopic (exact) mass is 177 g/mol. The molecule has 0 aromatic rings. The highest BCUT2D eigenvalue weighted by Crippen LogP contribution is 2.09. The third kappa shape index (κ3) is 3.66. The van der Waals surface area contributed by atoms with Gasteiger partial charge in [0.2, 0.25) is 0 Å². The van der Waals surface area contributed by atoms with Gasteiger partial charge in [0.1, 0.15) is 6.10 Å². The molecule has 0 rings (SSSR count). The molecule has 0 saturated carbocycles. The summed E-state index contributed by atoms with van der Waals surface area (Å²) in [4.78, 5) is 10.5. The van der Waals surface area contributed by atoms with Crippen LogP contribution >= 0.6 is 0 Å². The van der Waals surface area contributed by atoms with E-state index >= 15 is 0 Å². The van der Waals surface area contributed by atoms with Crippen LogP contribution < -0.4 is 5.73 Å². The van der Waals surface area contributed by atoms with Crippen LogP contribution in [0.2, 0.25) is 0 Å². The van der Waals surface area contributed by atoms with Crippen LogP contribution in [-0.4, -0.2) is 35.1 Å². The summed E-state index contributed by atoms with van der Waals surface area (Å²) in [6.45, 7) is 2.89. The third-order valence-electron chi connectivity index (χ3n) is 1.61. The second-order valence-electron chi connectivity index (χ2n) is 2.63. The smallest absolute Gasteiger partial charge is 0.302 e. The standard InChI is InChI=1S/C7H15NO4/c1-4(12-5(2)9)6(3-8)7(10)11/h4,6-7,10-11H,3,8H2,1-2H3. The van der Waals surface area contributed by atoms with Crippen molar-refractivity contribution >= 4 is 5.97 Å². The lowest BCUT2D eigenvalue weighted by atomic mass is 10.0. The minimum atomic E-state index is -1.55. The average molecular weight is 177 g/mol. The van der Waals surface area contributed by atoms with Crippen molar-refractivity contribution in [3.63, 3.8) is 0 Å². The Balaban J connectivity index is 4.02. The molecule has 0 aliphatic heterocycles. The van der Waals surface area contributed by atoms with E-state index in [1.165, 1.54) is 6.92 Å². The zero-order valence-electron chi connectivity index (χ0n) is 7.23. The third-order valence-corrected chi connectivity index (χ3v) is 1.61. The van der Waals surface area contributed by atoms with Gasteiger partial charge in [-0.05, 0) is 6.92 Å². The van der Waals surface area contributed by atoms with E-state index in [9.17, 15) is 4.79 Å². The Kier molecular flexibility index (Phi) is 4.80. The van der Waals surface area contributed by atoms with Gasteiger partial charge in [0.05, 0.1) is 5.92 Å². The van der Waals surface area contributed by atoms with Gasteiger partial charge in [-0.1, -0.05) is 0 Å². The molecule has 0 aliphatic carbocycles. The SMILES string of the molecule is CC(=O)OC(C)C(CN)C(O)O. The number of rotatable bonds is 4. The minimum Gasteiger partial charge on any atom is -0.462 e. The Morgan fingerprint density at radius 1 is 1.58 bits per heavy atom. The molecule has 0 radical (unpaired) electrons. The molecule has 0 heterocycles. The van der Waals surface area contributed by atoms with Crippen molar-refractivity contribution in [2.45, 2.75) is 26.2 Å². The lowest BCUT2D eigenvalue weighted by Crippen LogP contribution is -2.38. The summed E-state index contributed by atoms with van der Waals surface area (Å²) in [5, 5.41) is 17.6. The van der Waals surface area contributed by atoms with E-state index in [0.29, 0.717) is 0 Å². The van der Waals surface area contributed by atoms with Crippen molar-refractivity contribution < 1.29 is 19.7 Å². The van der Waals surface area contributed by atoms with Crippen LogP contribution in [0, 0.1) is 5.92 Å². The minimum absolute atomic E-state index is 0.0616. The van der Waals surface area contributed by atoms with Gasteiger partial charge in [0.25, 0.3) is 0 Å². The Morgan fingerprint density at radius 3 is 2.33 bits per heavy atom. The number of esters is 1. The van der Waals surface area contributed by atoms with E-state index in [1.54, 1.807) is 6.92 Å². The molecule has 4 N–H and O–H groups in total. The van der Waals surface area contributed by atoms with Crippen molar-refractivity contribution in [1.82, 2.24) is 0 Å². The van der Waals surface area contributed by atoms with Crippen LogP contribution in [0.1, 0.15) is 13.8 Å². The quantitative estimate of drug-likeness (QED) is 0.371. The molecule has 5 nitrogen and oxygen atoms in total. The molecule has 0 spiro atoms. The Hall–Kier alpha value is -0.650. The first-order valence-corrected chi connectivity index (χ1v) is 3.72. The molecular weight excluding hydrogens is 162 g/mol. The van der Waals surface area contributed by atoms with E-state index in [0.717, 1.165) is 0 Å². The summed E-state index contributed by atoms with van der Waals surface area (Å²) >= 11 is 0. The first-order chi connectivity index (χ1) is 5.49. The molecule has 0 amide bonds. The lowest BCUT2D eigenvalue weighted by molar-refractivity contribution is -0.159. The van der Waals surface area contributed by atoms with E-state index in [-0.39, 0.29) is 6.54 Å². The highest BCUT2D eigenvalue weighted by atomic mass is 16.5. The number of carbonyl (C=O) groups excluding carboxylic acids is 1. The molecule has 0 aromatic heterocycles. The number of ether oxygens (including phenoxy) is 1. The molecule has 5 heteroatoms. The molecule has 0 bridgehead atoms. The van der Waals surface area contributed by atoms with Gasteiger partial charge in [-0.3, -0.25) is 4.79 Å². The summed E-state index contributed by atoms with van der Waals surface area (Å²) in [7, 11) is 0. The second kappa shape index (κ2) is 5.08. The van der Waals surface area contributed by atoms with Gasteiger partial charge in [0.15, 0.2) is 6.29 Å². The highest BCUT2D eigenvalue weighted by molar-refractivity contribution is 5.66. The van der Waals surface area contributed by atoms with Crippen LogP contribution in [0.25, 0.3) is 0 Å². The molecule has 0 aliphatic rings. The molecule has 72 valence electrons. The predicted molar refractivity (Wildman–Crippen MR) is 42.0 cm³/mol. The van der Waals surface area contributed by atoms with E-state index in [4.69, 9.17) is 20.7 Å². The maximum atomic E-state index is 10.5. The number of hydrogen-bond donors (Lipinski definition) is 3. The van der Waals surface area contributed by atoms with Gasteiger partial charge in [-0.25, -0.2) is 0 Å². The van der Waals surface area contributed by atoms with Crippen molar-refractivity contribution in [3.8, 4) is 0 Å². The summed E-state index contributed by atoms with van der Waals surface area (Å²) in [6, 6.07) is 0. The van der Waals surface area contributed by atoms with Gasteiger partial charge in [-0.15, -0.1) is 0 Å². The van der Waals surface area contributed by atoms with Crippen molar-refractivity contribution in [3.05, 3.63) is 0 Å². The van der Waals surface area contributed by atoms with Gasteiger partial charge < -0.3 is 20.7 Å². The average Bonchev–Trinajstić information content (AvgIpc) is 1.85. The fourth-order valence-electron chi connectivity index (χ4n) is 0.905. The van der Waals surface area contributed by atoms with Crippen molar-refractivity contribution in [2.24, 2.45) is 11.7 Å². The maximum Gasteiger partial charge on any atom is 0.302 e. The number of carbonyl (C=O) groups is 1. The molecular formula is C7H15NO4. The molecule has 0 saturated heterocycles. The van der Waals surface area contributed by atoms with Gasteiger partial charge in [0, 0.05) is 13.5 Å². The van der Waals surface area contributed by atoms with Crippen molar-refractivity contribution in [2.75, 3.05) is 6.54 Å².